The zero-order chi connectivity index (χ0) is 8.69. The molecule has 0 aliphatic carbocycles. The van der Waals surface area contributed by atoms with Crippen LogP contribution in [0.25, 0.3) is 0 Å². The minimum Gasteiger partial charge on any atom is -0.394 e. The Balaban J connectivity index is 3.20. The summed E-state index contributed by atoms with van der Waals surface area (Å²) in [6.07, 6.45) is 0.409. The molecule has 0 radical (unpaired) electrons. The highest BCUT2D eigenvalue weighted by Gasteiger charge is 2.01. The van der Waals surface area contributed by atoms with Crippen molar-refractivity contribution in [3.63, 3.8) is 0 Å². The summed E-state index contributed by atoms with van der Waals surface area (Å²) in [6, 6.07) is 0. The second-order valence-electron chi connectivity index (χ2n) is 2.46. The second-order valence-corrected chi connectivity index (χ2v) is 3.49. The van der Waals surface area contributed by atoms with E-state index in [0.717, 1.165) is 12.2 Å². The van der Waals surface area contributed by atoms with Crippen LogP contribution in [0.4, 0.5) is 0 Å². The van der Waals surface area contributed by atoms with Crippen LogP contribution in [-0.2, 0) is 0 Å². The van der Waals surface area contributed by atoms with Crippen LogP contribution in [0.15, 0.2) is 12.2 Å². The second kappa shape index (κ2) is 6.70. The van der Waals surface area contributed by atoms with Crippen LogP contribution >= 0.6 is 11.8 Å². The third kappa shape index (κ3) is 6.41. The van der Waals surface area contributed by atoms with Crippen molar-refractivity contribution in [2.24, 2.45) is 0 Å². The predicted octanol–water partition coefficient (Wildman–Crippen LogP) is 1.04. The molecule has 0 spiro atoms. The van der Waals surface area contributed by atoms with E-state index in [4.69, 9.17) is 10.2 Å². The van der Waals surface area contributed by atoms with Crippen LogP contribution in [0.2, 0.25) is 0 Å². The number of aliphatic hydroxyl groups is 2. The molecule has 3 heteroatoms. The average Bonchev–Trinajstić information content (AvgIpc) is 2.04. The molecule has 0 aromatic carbocycles. The summed E-state index contributed by atoms with van der Waals surface area (Å²) < 4.78 is 0. The van der Waals surface area contributed by atoms with E-state index in [1.54, 1.807) is 11.8 Å². The molecule has 0 saturated heterocycles. The molecule has 0 bridgehead atoms. The fourth-order valence-corrected chi connectivity index (χ4v) is 1.48. The van der Waals surface area contributed by atoms with Crippen LogP contribution in [0.5, 0.6) is 0 Å². The lowest BCUT2D eigenvalue weighted by molar-refractivity contribution is 0.113. The summed E-state index contributed by atoms with van der Waals surface area (Å²) in [6.45, 7) is 5.74. The molecule has 1 unspecified atom stereocenters. The molecule has 0 aromatic rings. The van der Waals surface area contributed by atoms with Gasteiger partial charge < -0.3 is 10.2 Å². The first-order valence-corrected chi connectivity index (χ1v) is 4.89. The maximum absolute atomic E-state index is 8.94. The van der Waals surface area contributed by atoms with Gasteiger partial charge in [0.2, 0.25) is 0 Å². The van der Waals surface area contributed by atoms with Crippen LogP contribution in [-0.4, -0.2) is 34.4 Å². The Labute approximate surface area is 72.3 Å². The largest absolute Gasteiger partial charge is 0.394 e. The Kier molecular flexibility index (Phi) is 6.71. The average molecular weight is 176 g/mol. The molecular weight excluding hydrogens is 160 g/mol. The molecule has 0 heterocycles. The first kappa shape index (κ1) is 11.0. The molecule has 0 fully saturated rings. The van der Waals surface area contributed by atoms with Gasteiger partial charge in [-0.2, -0.15) is 11.8 Å². The Hall–Kier alpha value is 0.01000. The fourth-order valence-electron chi connectivity index (χ4n) is 0.494. The van der Waals surface area contributed by atoms with Gasteiger partial charge in [-0.05, 0) is 6.42 Å². The quantitative estimate of drug-likeness (QED) is 0.594. The molecule has 1 atom stereocenters. The Bertz CT molecular complexity index is 115. The van der Waals surface area contributed by atoms with Crippen LogP contribution in [0.3, 0.4) is 0 Å². The van der Waals surface area contributed by atoms with Crippen LogP contribution < -0.4 is 0 Å². The lowest BCUT2D eigenvalue weighted by atomic mass is 10.3. The van der Waals surface area contributed by atoms with Crippen LogP contribution in [0, 0.1) is 0 Å². The first-order valence-electron chi connectivity index (χ1n) is 3.74. The summed E-state index contributed by atoms with van der Waals surface area (Å²) in [5.41, 5.74) is 1.18. The van der Waals surface area contributed by atoms with Gasteiger partial charge in [0.25, 0.3) is 0 Å². The molecule has 0 saturated carbocycles. The maximum atomic E-state index is 8.94. The van der Waals surface area contributed by atoms with Crippen molar-refractivity contribution in [2.45, 2.75) is 19.4 Å². The van der Waals surface area contributed by atoms with Gasteiger partial charge in [-0.15, -0.1) is 0 Å². The van der Waals surface area contributed by atoms with Crippen molar-refractivity contribution < 1.29 is 10.2 Å². The van der Waals surface area contributed by atoms with Gasteiger partial charge in [0, 0.05) is 11.5 Å². The van der Waals surface area contributed by atoms with Crippen molar-refractivity contribution in [3.05, 3.63) is 12.2 Å². The van der Waals surface area contributed by atoms with E-state index < -0.39 is 6.10 Å². The Morgan fingerprint density at radius 1 is 1.64 bits per heavy atom. The number of aliphatic hydroxyl groups excluding tert-OH is 2. The molecule has 0 aliphatic heterocycles. The van der Waals surface area contributed by atoms with E-state index >= 15 is 0 Å². The van der Waals surface area contributed by atoms with Gasteiger partial charge in [-0.3, -0.25) is 0 Å². The van der Waals surface area contributed by atoms with Gasteiger partial charge in [0.05, 0.1) is 12.7 Å². The minimum absolute atomic E-state index is 0.147. The lowest BCUT2D eigenvalue weighted by Crippen LogP contribution is -2.15. The summed E-state index contributed by atoms with van der Waals surface area (Å²) >= 11 is 1.61. The lowest BCUT2D eigenvalue weighted by Gasteiger charge is -2.06. The highest BCUT2D eigenvalue weighted by atomic mass is 32.2. The predicted molar refractivity (Wildman–Crippen MR) is 49.8 cm³/mol. The van der Waals surface area contributed by atoms with E-state index in [-0.39, 0.29) is 6.61 Å². The molecule has 0 rings (SSSR count). The van der Waals surface area contributed by atoms with E-state index in [1.165, 1.54) is 5.57 Å². The molecule has 2 nitrogen and oxygen atoms in total. The van der Waals surface area contributed by atoms with Crippen molar-refractivity contribution in [3.8, 4) is 0 Å². The monoisotopic (exact) mass is 176 g/mol. The van der Waals surface area contributed by atoms with Gasteiger partial charge in [-0.1, -0.05) is 19.1 Å². The number of hydrogen-bond acceptors (Lipinski definition) is 3. The zero-order valence-electron chi connectivity index (χ0n) is 6.92. The Morgan fingerprint density at radius 3 is 2.73 bits per heavy atom. The van der Waals surface area contributed by atoms with Crippen LogP contribution in [0.1, 0.15) is 13.3 Å². The molecule has 0 aliphatic rings. The SMILES string of the molecule is C=C(CC)CSCC(O)CO. The summed E-state index contributed by atoms with van der Waals surface area (Å²) in [5.74, 6) is 1.48. The maximum Gasteiger partial charge on any atom is 0.0861 e. The normalized spacial score (nSPS) is 13.0. The van der Waals surface area contributed by atoms with E-state index in [9.17, 15) is 0 Å². The topological polar surface area (TPSA) is 40.5 Å². The van der Waals surface area contributed by atoms with Gasteiger partial charge >= 0.3 is 0 Å². The summed E-state index contributed by atoms with van der Waals surface area (Å²) in [7, 11) is 0. The number of thioether (sulfide) groups is 1. The minimum atomic E-state index is -0.579. The van der Waals surface area contributed by atoms with Gasteiger partial charge in [-0.25, -0.2) is 0 Å². The Morgan fingerprint density at radius 2 is 2.27 bits per heavy atom. The highest BCUT2D eigenvalue weighted by molar-refractivity contribution is 7.99. The molecule has 2 N–H and O–H groups in total. The number of hydrogen-bond donors (Lipinski definition) is 2. The van der Waals surface area contributed by atoms with Crippen molar-refractivity contribution >= 4 is 11.8 Å². The zero-order valence-corrected chi connectivity index (χ0v) is 7.73. The fraction of sp³-hybridized carbons (Fsp3) is 0.750. The van der Waals surface area contributed by atoms with E-state index in [1.807, 2.05) is 0 Å². The molecule has 66 valence electrons. The molecule has 0 aromatic heterocycles. The summed E-state index contributed by atoms with van der Waals surface area (Å²) in [4.78, 5) is 0. The summed E-state index contributed by atoms with van der Waals surface area (Å²) in [5, 5.41) is 17.4. The third-order valence-electron chi connectivity index (χ3n) is 1.33. The van der Waals surface area contributed by atoms with Gasteiger partial charge in [0.1, 0.15) is 0 Å². The van der Waals surface area contributed by atoms with E-state index in [0.29, 0.717) is 5.75 Å². The highest BCUT2D eigenvalue weighted by Crippen LogP contribution is 2.09. The smallest absolute Gasteiger partial charge is 0.0861 e. The first-order chi connectivity index (χ1) is 5.20. The van der Waals surface area contributed by atoms with Crippen molar-refractivity contribution in [1.82, 2.24) is 0 Å². The van der Waals surface area contributed by atoms with Crippen molar-refractivity contribution in [2.75, 3.05) is 18.1 Å². The third-order valence-corrected chi connectivity index (χ3v) is 2.56. The van der Waals surface area contributed by atoms with E-state index in [2.05, 4.69) is 13.5 Å². The van der Waals surface area contributed by atoms with Crippen molar-refractivity contribution in [1.29, 1.82) is 0 Å². The molecule has 11 heavy (non-hydrogen) atoms. The number of rotatable bonds is 6. The van der Waals surface area contributed by atoms with Gasteiger partial charge in [0.15, 0.2) is 0 Å². The standard InChI is InChI=1S/C8H16O2S/c1-3-7(2)5-11-6-8(10)4-9/h8-10H,2-6H2,1H3. The molecule has 0 amide bonds. The molecular formula is C8H16O2S.